The van der Waals surface area contributed by atoms with E-state index in [4.69, 9.17) is 11.6 Å². The molecule has 176 valence electrons. The molecule has 35 heavy (non-hydrogen) atoms. The molecular weight excluding hydrogens is 482 g/mol. The highest BCUT2D eigenvalue weighted by atomic mass is 35.5. The molecule has 1 aromatic heterocycles. The van der Waals surface area contributed by atoms with Crippen LogP contribution in [0.4, 0.5) is 5.69 Å². The minimum absolute atomic E-state index is 0.0244. The standard InChI is InChI=1S/C27H22ClN3O3S/c28-20-7-1-18(2-8-20)24(33)16-35-26-25(19-5-11-22(32)12-6-19)31(27(26)34)21-9-3-17(4-10-21)23-15-29-13-14-30-23/h1-15,24-26,32-33H,16H2/t24-,25+,26+/m0/s1. The Morgan fingerprint density at radius 2 is 1.69 bits per heavy atom. The number of carbonyl (C=O) groups is 1. The van der Waals surface area contributed by atoms with Gasteiger partial charge in [-0.1, -0.05) is 48.0 Å². The Kier molecular flexibility index (Phi) is 6.72. The Bertz CT molecular complexity index is 1300. The number of aliphatic hydroxyl groups excluding tert-OH is 1. The predicted molar refractivity (Wildman–Crippen MR) is 138 cm³/mol. The Hall–Kier alpha value is -3.39. The minimum Gasteiger partial charge on any atom is -0.508 e. The van der Waals surface area contributed by atoms with Crippen LogP contribution in [0.2, 0.25) is 5.02 Å². The van der Waals surface area contributed by atoms with Crippen LogP contribution in [0.1, 0.15) is 23.3 Å². The number of β-lactam (4-membered cyclic amide) rings is 1. The van der Waals surface area contributed by atoms with Crippen LogP contribution in [0.25, 0.3) is 11.3 Å². The van der Waals surface area contributed by atoms with Gasteiger partial charge in [0, 0.05) is 34.4 Å². The van der Waals surface area contributed by atoms with E-state index in [1.807, 2.05) is 36.4 Å². The van der Waals surface area contributed by atoms with Gasteiger partial charge in [-0.05, 0) is 47.5 Å². The molecule has 3 atom stereocenters. The Labute approximate surface area is 212 Å². The number of phenols is 1. The van der Waals surface area contributed by atoms with E-state index < -0.39 is 6.10 Å². The molecule has 0 aliphatic carbocycles. The number of hydrogen-bond acceptors (Lipinski definition) is 6. The molecular formula is C27H22ClN3O3S. The molecule has 0 bridgehead atoms. The number of aliphatic hydroxyl groups is 1. The van der Waals surface area contributed by atoms with Crippen LogP contribution in [0.3, 0.4) is 0 Å². The SMILES string of the molecule is O=C1[C@H](SC[C@H](O)c2ccc(Cl)cc2)[C@@H](c2ccc(O)cc2)N1c1ccc(-c2cnccn2)cc1. The van der Waals surface area contributed by atoms with Crippen LogP contribution in [0, 0.1) is 0 Å². The molecule has 1 amide bonds. The van der Waals surface area contributed by atoms with Gasteiger partial charge in [0.15, 0.2) is 0 Å². The summed E-state index contributed by atoms with van der Waals surface area (Å²) in [7, 11) is 0. The Morgan fingerprint density at radius 3 is 2.34 bits per heavy atom. The molecule has 1 saturated heterocycles. The van der Waals surface area contributed by atoms with E-state index in [1.54, 1.807) is 59.9 Å². The second kappa shape index (κ2) is 10.1. The zero-order valence-corrected chi connectivity index (χ0v) is 20.1. The maximum Gasteiger partial charge on any atom is 0.243 e. The van der Waals surface area contributed by atoms with Crippen molar-refractivity contribution < 1.29 is 15.0 Å². The van der Waals surface area contributed by atoms with Gasteiger partial charge in [-0.2, -0.15) is 0 Å². The maximum absolute atomic E-state index is 13.3. The molecule has 0 spiro atoms. The van der Waals surface area contributed by atoms with Gasteiger partial charge in [0.05, 0.1) is 24.0 Å². The highest BCUT2D eigenvalue weighted by Crippen LogP contribution is 2.46. The lowest BCUT2D eigenvalue weighted by Crippen LogP contribution is -2.57. The summed E-state index contributed by atoms with van der Waals surface area (Å²) < 4.78 is 0. The first-order chi connectivity index (χ1) is 17.0. The molecule has 0 saturated carbocycles. The zero-order chi connectivity index (χ0) is 24.4. The van der Waals surface area contributed by atoms with Crippen LogP contribution in [-0.2, 0) is 4.79 Å². The van der Waals surface area contributed by atoms with E-state index in [-0.39, 0.29) is 22.9 Å². The van der Waals surface area contributed by atoms with Crippen molar-refractivity contribution in [1.82, 2.24) is 9.97 Å². The number of hydrogen-bond donors (Lipinski definition) is 2. The summed E-state index contributed by atoms with van der Waals surface area (Å²) in [5.41, 5.74) is 4.11. The van der Waals surface area contributed by atoms with Crippen molar-refractivity contribution in [2.45, 2.75) is 17.4 Å². The molecule has 2 heterocycles. The zero-order valence-electron chi connectivity index (χ0n) is 18.5. The van der Waals surface area contributed by atoms with E-state index >= 15 is 0 Å². The molecule has 1 fully saturated rings. The number of anilines is 1. The van der Waals surface area contributed by atoms with Crippen molar-refractivity contribution in [3.8, 4) is 17.0 Å². The fraction of sp³-hybridized carbons (Fsp3) is 0.148. The van der Waals surface area contributed by atoms with E-state index in [1.165, 1.54) is 11.8 Å². The third-order valence-electron chi connectivity index (χ3n) is 5.97. The molecule has 6 nitrogen and oxygen atoms in total. The van der Waals surface area contributed by atoms with Crippen LogP contribution in [0.15, 0.2) is 91.4 Å². The first kappa shape index (κ1) is 23.4. The number of aromatic hydroxyl groups is 1. The first-order valence-electron chi connectivity index (χ1n) is 11.0. The maximum atomic E-state index is 13.3. The number of halogens is 1. The van der Waals surface area contributed by atoms with Crippen molar-refractivity contribution in [2.24, 2.45) is 0 Å². The van der Waals surface area contributed by atoms with Crippen molar-refractivity contribution >= 4 is 35.0 Å². The van der Waals surface area contributed by atoms with Crippen molar-refractivity contribution in [3.05, 3.63) is 108 Å². The van der Waals surface area contributed by atoms with Crippen LogP contribution < -0.4 is 4.90 Å². The van der Waals surface area contributed by atoms with Crippen molar-refractivity contribution in [1.29, 1.82) is 0 Å². The van der Waals surface area contributed by atoms with Crippen LogP contribution in [-0.4, -0.2) is 37.1 Å². The molecule has 0 unspecified atom stereocenters. The van der Waals surface area contributed by atoms with E-state index in [2.05, 4.69) is 9.97 Å². The predicted octanol–water partition coefficient (Wildman–Crippen LogP) is 5.43. The summed E-state index contributed by atoms with van der Waals surface area (Å²) in [5, 5.41) is 20.6. The molecule has 5 rings (SSSR count). The lowest BCUT2D eigenvalue weighted by atomic mass is 9.92. The number of thioether (sulfide) groups is 1. The number of aromatic nitrogens is 2. The Morgan fingerprint density at radius 1 is 0.971 bits per heavy atom. The topological polar surface area (TPSA) is 86.5 Å². The summed E-state index contributed by atoms with van der Waals surface area (Å²) in [6, 6.07) is 21.4. The molecule has 2 N–H and O–H groups in total. The number of nitrogens with zero attached hydrogens (tertiary/aromatic N) is 3. The number of rotatable bonds is 7. The molecule has 1 aliphatic heterocycles. The average Bonchev–Trinajstić information content (AvgIpc) is 2.89. The summed E-state index contributed by atoms with van der Waals surface area (Å²) in [4.78, 5) is 23.5. The largest absolute Gasteiger partial charge is 0.508 e. The first-order valence-corrected chi connectivity index (χ1v) is 12.5. The smallest absolute Gasteiger partial charge is 0.243 e. The van der Waals surface area contributed by atoms with Crippen molar-refractivity contribution in [2.75, 3.05) is 10.7 Å². The van der Waals surface area contributed by atoms with E-state index in [9.17, 15) is 15.0 Å². The monoisotopic (exact) mass is 503 g/mol. The number of amides is 1. The second-order valence-electron chi connectivity index (χ2n) is 8.20. The fourth-order valence-corrected chi connectivity index (χ4v) is 5.55. The summed E-state index contributed by atoms with van der Waals surface area (Å²) in [5.74, 6) is 0.511. The third-order valence-corrected chi connectivity index (χ3v) is 7.55. The molecule has 3 aromatic carbocycles. The summed E-state index contributed by atoms with van der Waals surface area (Å²) >= 11 is 7.38. The number of benzene rings is 3. The van der Waals surface area contributed by atoms with Crippen LogP contribution >= 0.6 is 23.4 Å². The molecule has 0 radical (unpaired) electrons. The molecule has 1 aliphatic rings. The lowest BCUT2D eigenvalue weighted by molar-refractivity contribution is -0.123. The van der Waals surface area contributed by atoms with E-state index in [0.717, 1.165) is 28.1 Å². The van der Waals surface area contributed by atoms with Crippen LogP contribution in [0.5, 0.6) is 5.75 Å². The lowest BCUT2D eigenvalue weighted by Gasteiger charge is -2.47. The fourth-order valence-electron chi connectivity index (χ4n) is 4.13. The highest BCUT2D eigenvalue weighted by Gasteiger charge is 2.49. The van der Waals surface area contributed by atoms with Gasteiger partial charge in [-0.25, -0.2) is 0 Å². The van der Waals surface area contributed by atoms with Gasteiger partial charge in [-0.3, -0.25) is 14.8 Å². The normalized spacial score (nSPS) is 18.2. The van der Waals surface area contributed by atoms with Gasteiger partial charge < -0.3 is 15.1 Å². The van der Waals surface area contributed by atoms with Crippen molar-refractivity contribution in [3.63, 3.8) is 0 Å². The summed E-state index contributed by atoms with van der Waals surface area (Å²) in [6.45, 7) is 0. The quantitative estimate of drug-likeness (QED) is 0.327. The Balaban J connectivity index is 1.37. The molecule has 8 heteroatoms. The number of carbonyl (C=O) groups excluding carboxylic acids is 1. The van der Waals surface area contributed by atoms with Gasteiger partial charge in [0.25, 0.3) is 0 Å². The highest BCUT2D eigenvalue weighted by molar-refractivity contribution is 8.00. The van der Waals surface area contributed by atoms with E-state index in [0.29, 0.717) is 10.8 Å². The minimum atomic E-state index is -0.717. The third kappa shape index (κ3) is 4.89. The van der Waals surface area contributed by atoms with Gasteiger partial charge in [-0.15, -0.1) is 11.8 Å². The molecule has 4 aromatic rings. The van der Waals surface area contributed by atoms with Gasteiger partial charge in [0.1, 0.15) is 11.0 Å². The van der Waals surface area contributed by atoms with Gasteiger partial charge in [0.2, 0.25) is 5.91 Å². The van der Waals surface area contributed by atoms with Gasteiger partial charge >= 0.3 is 0 Å². The average molecular weight is 504 g/mol. The summed E-state index contributed by atoms with van der Waals surface area (Å²) in [6.07, 6.45) is 4.25. The number of phenolic OH excluding ortho intramolecular Hbond substituents is 1. The second-order valence-corrected chi connectivity index (χ2v) is 9.81.